The number of nitrogens with zero attached hydrogens (tertiary/aromatic N) is 7. The number of hydrogen-bond donors (Lipinski definition) is 0. The van der Waals surface area contributed by atoms with Gasteiger partial charge in [-0.15, -0.1) is 5.10 Å². The Morgan fingerprint density at radius 1 is 1.32 bits per heavy atom. The van der Waals surface area contributed by atoms with Gasteiger partial charge in [-0.1, -0.05) is 0 Å². The second-order valence-corrected chi connectivity index (χ2v) is 6.57. The normalized spacial score (nSPS) is 17.5. The van der Waals surface area contributed by atoms with E-state index in [1.807, 2.05) is 41.8 Å². The van der Waals surface area contributed by atoms with E-state index in [9.17, 15) is 4.79 Å². The van der Waals surface area contributed by atoms with E-state index in [2.05, 4.69) is 20.2 Å². The minimum atomic E-state index is 0.0694. The summed E-state index contributed by atoms with van der Waals surface area (Å²) in [6, 6.07) is 4.04. The summed E-state index contributed by atoms with van der Waals surface area (Å²) in [5.74, 6) is 1.14. The maximum Gasteiger partial charge on any atom is 0.252 e. The van der Waals surface area contributed by atoms with Crippen LogP contribution in [-0.2, 0) is 17.8 Å². The van der Waals surface area contributed by atoms with Crippen LogP contribution in [0.1, 0.15) is 30.1 Å². The largest absolute Gasteiger partial charge is 0.337 e. The van der Waals surface area contributed by atoms with Crippen molar-refractivity contribution in [1.82, 2.24) is 34.3 Å². The highest BCUT2D eigenvalue weighted by Gasteiger charge is 2.29. The van der Waals surface area contributed by atoms with Gasteiger partial charge in [0.25, 0.3) is 5.78 Å². The molecule has 0 aliphatic carbocycles. The number of rotatable bonds is 4. The molecule has 1 atom stereocenters. The molecular formula is C17H21N7O. The maximum atomic E-state index is 12.8. The van der Waals surface area contributed by atoms with Crippen LogP contribution >= 0.6 is 0 Å². The smallest absolute Gasteiger partial charge is 0.252 e. The quantitative estimate of drug-likeness (QED) is 0.713. The van der Waals surface area contributed by atoms with Crippen LogP contribution in [0.2, 0.25) is 0 Å². The number of aryl methyl sites for hydroxylation is 2. The van der Waals surface area contributed by atoms with Gasteiger partial charge in [0.2, 0.25) is 5.91 Å². The molecule has 1 amide bonds. The predicted molar refractivity (Wildman–Crippen MR) is 90.9 cm³/mol. The highest BCUT2D eigenvalue weighted by Crippen LogP contribution is 2.20. The molecule has 1 aliphatic heterocycles. The number of aromatic nitrogens is 6. The van der Waals surface area contributed by atoms with Gasteiger partial charge in [-0.2, -0.15) is 10.1 Å². The molecule has 130 valence electrons. The van der Waals surface area contributed by atoms with E-state index >= 15 is 0 Å². The fraction of sp³-hybridized carbons (Fsp3) is 0.471. The van der Waals surface area contributed by atoms with Crippen LogP contribution in [0, 0.1) is 13.8 Å². The molecule has 4 rings (SSSR count). The Balaban J connectivity index is 1.50. The van der Waals surface area contributed by atoms with E-state index < -0.39 is 0 Å². The summed E-state index contributed by atoms with van der Waals surface area (Å²) in [6.07, 6.45) is 5.93. The van der Waals surface area contributed by atoms with Crippen LogP contribution in [0.4, 0.5) is 0 Å². The molecule has 25 heavy (non-hydrogen) atoms. The zero-order valence-electron chi connectivity index (χ0n) is 14.5. The molecule has 4 heterocycles. The molecule has 3 aromatic heterocycles. The predicted octanol–water partition coefficient (Wildman–Crippen LogP) is 1.17. The van der Waals surface area contributed by atoms with Crippen LogP contribution in [-0.4, -0.2) is 52.8 Å². The summed E-state index contributed by atoms with van der Waals surface area (Å²) in [6.45, 7) is 5.41. The summed E-state index contributed by atoms with van der Waals surface area (Å²) in [5, 5.41) is 8.69. The van der Waals surface area contributed by atoms with E-state index in [0.29, 0.717) is 11.6 Å². The number of hydrogen-bond acceptors (Lipinski definition) is 5. The molecule has 0 bridgehead atoms. The van der Waals surface area contributed by atoms with Gasteiger partial charge in [-0.25, -0.2) is 9.50 Å². The first-order chi connectivity index (χ1) is 12.1. The summed E-state index contributed by atoms with van der Waals surface area (Å²) >= 11 is 0. The molecule has 8 heteroatoms. The lowest BCUT2D eigenvalue weighted by molar-refractivity contribution is -0.131. The topological polar surface area (TPSA) is 81.2 Å². The Bertz CT molecular complexity index is 899. The molecule has 0 radical (unpaired) electrons. The average molecular weight is 339 g/mol. The van der Waals surface area contributed by atoms with Crippen LogP contribution in [0.5, 0.6) is 0 Å². The Labute approximate surface area is 145 Å². The number of amides is 1. The van der Waals surface area contributed by atoms with E-state index in [0.717, 1.165) is 37.3 Å². The van der Waals surface area contributed by atoms with Gasteiger partial charge in [-0.3, -0.25) is 9.48 Å². The van der Waals surface area contributed by atoms with Crippen molar-refractivity contribution < 1.29 is 4.79 Å². The molecule has 3 aromatic rings. The first-order valence-corrected chi connectivity index (χ1v) is 8.57. The third-order valence-electron chi connectivity index (χ3n) is 4.63. The van der Waals surface area contributed by atoms with E-state index in [1.165, 1.54) is 0 Å². The second-order valence-electron chi connectivity index (χ2n) is 6.57. The number of carbonyl (C=O) groups excluding carboxylic acids is 1. The van der Waals surface area contributed by atoms with Gasteiger partial charge < -0.3 is 4.90 Å². The minimum Gasteiger partial charge on any atom is -0.337 e. The third kappa shape index (κ3) is 3.11. The van der Waals surface area contributed by atoms with Crippen LogP contribution in [0.15, 0.2) is 24.5 Å². The maximum absolute atomic E-state index is 12.8. The molecule has 1 saturated heterocycles. The molecule has 8 nitrogen and oxygen atoms in total. The lowest BCUT2D eigenvalue weighted by Crippen LogP contribution is -2.39. The lowest BCUT2D eigenvalue weighted by atomic mass is 10.2. The Hall–Kier alpha value is -2.77. The fourth-order valence-electron chi connectivity index (χ4n) is 3.50. The van der Waals surface area contributed by atoms with Crippen molar-refractivity contribution in [2.75, 3.05) is 6.54 Å². The van der Waals surface area contributed by atoms with E-state index in [4.69, 9.17) is 0 Å². The van der Waals surface area contributed by atoms with Gasteiger partial charge in [-0.05, 0) is 38.8 Å². The van der Waals surface area contributed by atoms with Crippen LogP contribution < -0.4 is 0 Å². The van der Waals surface area contributed by atoms with E-state index in [-0.39, 0.29) is 18.4 Å². The summed E-state index contributed by atoms with van der Waals surface area (Å²) in [4.78, 5) is 23.5. The lowest BCUT2D eigenvalue weighted by Gasteiger charge is -2.24. The third-order valence-corrected chi connectivity index (χ3v) is 4.63. The van der Waals surface area contributed by atoms with Gasteiger partial charge in [0.05, 0.1) is 19.0 Å². The highest BCUT2D eigenvalue weighted by atomic mass is 16.2. The van der Waals surface area contributed by atoms with Gasteiger partial charge >= 0.3 is 0 Å². The standard InChI is InChI=1S/C17H21N7O/c1-12-9-13(2)24-17(19-12)20-15(21-24)10-16(25)23-8-3-5-14(23)11-22-7-4-6-18-22/h4,6-7,9,14H,3,5,8,10-11H2,1-2H3. The SMILES string of the molecule is Cc1cc(C)n2nc(CC(=O)N3CCCC3Cn3cccn3)nc2n1. The molecule has 1 fully saturated rings. The number of carbonyl (C=O) groups is 1. The summed E-state index contributed by atoms with van der Waals surface area (Å²) < 4.78 is 3.58. The zero-order chi connectivity index (χ0) is 17.4. The van der Waals surface area contributed by atoms with Crippen molar-refractivity contribution in [3.63, 3.8) is 0 Å². The van der Waals surface area contributed by atoms with Crippen LogP contribution in [0.3, 0.4) is 0 Å². The minimum absolute atomic E-state index is 0.0694. The summed E-state index contributed by atoms with van der Waals surface area (Å²) in [7, 11) is 0. The zero-order valence-corrected chi connectivity index (χ0v) is 14.5. The first kappa shape index (κ1) is 15.7. The van der Waals surface area contributed by atoms with Crippen molar-refractivity contribution in [2.24, 2.45) is 0 Å². The monoisotopic (exact) mass is 339 g/mol. The number of likely N-dealkylation sites (tertiary alicyclic amines) is 1. The molecule has 0 saturated carbocycles. The second kappa shape index (κ2) is 6.27. The van der Waals surface area contributed by atoms with Gasteiger partial charge in [0, 0.05) is 30.3 Å². The number of fused-ring (bicyclic) bond motifs is 1. The summed E-state index contributed by atoms with van der Waals surface area (Å²) in [5.41, 5.74) is 1.86. The Morgan fingerprint density at radius 3 is 3.00 bits per heavy atom. The molecule has 1 aliphatic rings. The van der Waals surface area contributed by atoms with Crippen molar-refractivity contribution >= 4 is 11.7 Å². The first-order valence-electron chi connectivity index (χ1n) is 8.57. The molecule has 0 N–H and O–H groups in total. The van der Waals surface area contributed by atoms with Gasteiger partial charge in [0.15, 0.2) is 5.82 Å². The van der Waals surface area contributed by atoms with Crippen LogP contribution in [0.25, 0.3) is 5.78 Å². The van der Waals surface area contributed by atoms with Gasteiger partial charge in [0.1, 0.15) is 0 Å². The molecule has 0 spiro atoms. The Kier molecular flexibility index (Phi) is 3.95. The average Bonchev–Trinajstić information content (AvgIpc) is 3.28. The highest BCUT2D eigenvalue weighted by molar-refractivity contribution is 5.78. The Morgan fingerprint density at radius 2 is 2.20 bits per heavy atom. The van der Waals surface area contributed by atoms with Crippen molar-refractivity contribution in [3.05, 3.63) is 41.7 Å². The van der Waals surface area contributed by atoms with E-state index in [1.54, 1.807) is 10.7 Å². The van der Waals surface area contributed by atoms with Crippen molar-refractivity contribution in [1.29, 1.82) is 0 Å². The van der Waals surface area contributed by atoms with Crippen molar-refractivity contribution in [2.45, 2.75) is 45.7 Å². The molecule has 1 unspecified atom stereocenters. The molecular weight excluding hydrogens is 318 g/mol. The van der Waals surface area contributed by atoms with Crippen molar-refractivity contribution in [3.8, 4) is 0 Å². The molecule has 0 aromatic carbocycles. The fourth-order valence-corrected chi connectivity index (χ4v) is 3.50.